The number of fused-ring (bicyclic) bond motifs is 2. The molecule has 0 fully saturated rings. The second-order valence-corrected chi connectivity index (χ2v) is 5.56. The minimum atomic E-state index is -1.05. The molecule has 3 heteroatoms. The van der Waals surface area contributed by atoms with Crippen molar-refractivity contribution in [3.8, 4) is 0 Å². The predicted octanol–water partition coefficient (Wildman–Crippen LogP) is 3.56. The first-order valence-electron chi connectivity index (χ1n) is 7.03. The van der Waals surface area contributed by atoms with Crippen LogP contribution in [0, 0.1) is 5.82 Å². The SMILES string of the molecule is OC1(c2cccc3cnccc23)CCc2cc(F)ccc21. The standard InChI is InChI=1S/C18H14FNO/c19-14-4-5-16-12(10-14)6-8-18(16,21)17-3-1-2-13-11-20-9-7-15(13)17/h1-5,7,9-11,21H,6,8H2. The van der Waals surface area contributed by atoms with E-state index < -0.39 is 5.60 Å². The van der Waals surface area contributed by atoms with Crippen molar-refractivity contribution in [2.24, 2.45) is 0 Å². The summed E-state index contributed by atoms with van der Waals surface area (Å²) >= 11 is 0. The van der Waals surface area contributed by atoms with E-state index in [9.17, 15) is 9.50 Å². The van der Waals surface area contributed by atoms with Crippen LogP contribution < -0.4 is 0 Å². The summed E-state index contributed by atoms with van der Waals surface area (Å²) in [5, 5.41) is 13.3. The van der Waals surface area contributed by atoms with Crippen LogP contribution in [0.3, 0.4) is 0 Å². The molecule has 2 nitrogen and oxygen atoms in total. The van der Waals surface area contributed by atoms with Crippen molar-refractivity contribution in [1.29, 1.82) is 0 Å². The molecule has 0 spiro atoms. The van der Waals surface area contributed by atoms with Gasteiger partial charge >= 0.3 is 0 Å². The first-order valence-corrected chi connectivity index (χ1v) is 7.03. The van der Waals surface area contributed by atoms with Crippen molar-refractivity contribution in [3.63, 3.8) is 0 Å². The molecule has 1 unspecified atom stereocenters. The Bertz CT molecular complexity index is 840. The second-order valence-electron chi connectivity index (χ2n) is 5.56. The van der Waals surface area contributed by atoms with Crippen LogP contribution >= 0.6 is 0 Å². The van der Waals surface area contributed by atoms with Crippen molar-refractivity contribution in [2.75, 3.05) is 0 Å². The topological polar surface area (TPSA) is 33.1 Å². The Labute approximate surface area is 121 Å². The van der Waals surface area contributed by atoms with E-state index in [-0.39, 0.29) is 5.82 Å². The Morgan fingerprint density at radius 2 is 2.00 bits per heavy atom. The molecule has 0 saturated heterocycles. The van der Waals surface area contributed by atoms with Crippen LogP contribution in [0.25, 0.3) is 10.8 Å². The van der Waals surface area contributed by atoms with E-state index in [2.05, 4.69) is 4.98 Å². The third kappa shape index (κ3) is 1.78. The Kier molecular flexibility index (Phi) is 2.59. The van der Waals surface area contributed by atoms with E-state index in [1.165, 1.54) is 12.1 Å². The van der Waals surface area contributed by atoms with Crippen molar-refractivity contribution >= 4 is 10.8 Å². The smallest absolute Gasteiger partial charge is 0.123 e. The molecule has 1 atom stereocenters. The Morgan fingerprint density at radius 1 is 1.10 bits per heavy atom. The number of hydrogen-bond donors (Lipinski definition) is 1. The molecular formula is C18H14FNO. The number of aromatic nitrogens is 1. The van der Waals surface area contributed by atoms with Gasteiger partial charge in [-0.05, 0) is 53.1 Å². The van der Waals surface area contributed by atoms with Crippen molar-refractivity contribution in [2.45, 2.75) is 18.4 Å². The summed E-state index contributed by atoms with van der Waals surface area (Å²) in [5.41, 5.74) is 1.52. The monoisotopic (exact) mass is 279 g/mol. The van der Waals surface area contributed by atoms with Gasteiger partial charge in [0.25, 0.3) is 0 Å². The fraction of sp³-hybridized carbons (Fsp3) is 0.167. The van der Waals surface area contributed by atoms with Crippen LogP contribution in [0.4, 0.5) is 4.39 Å². The summed E-state index contributed by atoms with van der Waals surface area (Å²) in [6, 6.07) is 12.4. The van der Waals surface area contributed by atoms with Crippen LogP contribution in [0.5, 0.6) is 0 Å². The van der Waals surface area contributed by atoms with Gasteiger partial charge in [-0.1, -0.05) is 24.3 Å². The van der Waals surface area contributed by atoms with Crippen LogP contribution in [-0.4, -0.2) is 10.1 Å². The molecule has 1 aliphatic rings. The van der Waals surface area contributed by atoms with Gasteiger partial charge in [-0.3, -0.25) is 4.98 Å². The number of rotatable bonds is 1. The van der Waals surface area contributed by atoms with Crippen LogP contribution in [0.2, 0.25) is 0 Å². The lowest BCUT2D eigenvalue weighted by Crippen LogP contribution is -2.24. The molecule has 1 heterocycles. The molecule has 0 radical (unpaired) electrons. The maximum atomic E-state index is 13.4. The van der Waals surface area contributed by atoms with Gasteiger partial charge in [-0.2, -0.15) is 0 Å². The van der Waals surface area contributed by atoms with E-state index in [1.54, 1.807) is 18.5 Å². The summed E-state index contributed by atoms with van der Waals surface area (Å²) < 4.78 is 13.4. The highest BCUT2D eigenvalue weighted by molar-refractivity contribution is 5.86. The maximum Gasteiger partial charge on any atom is 0.123 e. The maximum absolute atomic E-state index is 13.4. The number of hydrogen-bond acceptors (Lipinski definition) is 2. The van der Waals surface area contributed by atoms with Gasteiger partial charge in [0, 0.05) is 17.8 Å². The van der Waals surface area contributed by atoms with E-state index in [0.717, 1.165) is 27.5 Å². The molecule has 0 bridgehead atoms. The zero-order chi connectivity index (χ0) is 14.4. The highest BCUT2D eigenvalue weighted by atomic mass is 19.1. The molecule has 21 heavy (non-hydrogen) atoms. The molecule has 0 amide bonds. The second kappa shape index (κ2) is 4.37. The van der Waals surface area contributed by atoms with Gasteiger partial charge in [0.15, 0.2) is 0 Å². The van der Waals surface area contributed by atoms with Gasteiger partial charge in [0.1, 0.15) is 11.4 Å². The molecule has 2 aromatic carbocycles. The van der Waals surface area contributed by atoms with Crippen LogP contribution in [-0.2, 0) is 12.0 Å². The van der Waals surface area contributed by atoms with E-state index in [4.69, 9.17) is 0 Å². The lowest BCUT2D eigenvalue weighted by atomic mass is 9.85. The summed E-state index contributed by atoms with van der Waals surface area (Å²) in [7, 11) is 0. The van der Waals surface area contributed by atoms with Gasteiger partial charge in [0.05, 0.1) is 0 Å². The highest BCUT2D eigenvalue weighted by Crippen LogP contribution is 2.44. The normalized spacial score (nSPS) is 20.7. The van der Waals surface area contributed by atoms with Gasteiger partial charge in [-0.25, -0.2) is 4.39 Å². The van der Waals surface area contributed by atoms with Crippen molar-refractivity contribution < 1.29 is 9.50 Å². The number of benzene rings is 2. The van der Waals surface area contributed by atoms with Gasteiger partial charge in [-0.15, -0.1) is 0 Å². The molecule has 1 aromatic heterocycles. The van der Waals surface area contributed by atoms with E-state index in [0.29, 0.717) is 12.8 Å². The Hall–Kier alpha value is -2.26. The molecule has 1 N–H and O–H groups in total. The van der Waals surface area contributed by atoms with Crippen LogP contribution in [0.15, 0.2) is 54.9 Å². The zero-order valence-electron chi connectivity index (χ0n) is 11.4. The largest absolute Gasteiger partial charge is 0.380 e. The van der Waals surface area contributed by atoms with Crippen LogP contribution in [0.1, 0.15) is 23.1 Å². The van der Waals surface area contributed by atoms with Gasteiger partial charge < -0.3 is 5.11 Å². The number of nitrogens with zero attached hydrogens (tertiary/aromatic N) is 1. The Balaban J connectivity index is 1.98. The molecule has 1 aliphatic carbocycles. The first kappa shape index (κ1) is 12.5. The van der Waals surface area contributed by atoms with Crippen molar-refractivity contribution in [3.05, 3.63) is 77.4 Å². The number of aliphatic hydroxyl groups is 1. The molecule has 4 rings (SSSR count). The summed E-state index contributed by atoms with van der Waals surface area (Å²) in [6.45, 7) is 0. The summed E-state index contributed by atoms with van der Waals surface area (Å²) in [6.07, 6.45) is 4.79. The molecule has 3 aromatic rings. The van der Waals surface area contributed by atoms with E-state index in [1.807, 2.05) is 24.3 Å². The van der Waals surface area contributed by atoms with Crippen molar-refractivity contribution in [1.82, 2.24) is 4.98 Å². The number of pyridine rings is 1. The third-order valence-electron chi connectivity index (χ3n) is 4.40. The first-order chi connectivity index (χ1) is 10.2. The summed E-state index contributed by atoms with van der Waals surface area (Å²) in [5.74, 6) is -0.250. The average molecular weight is 279 g/mol. The zero-order valence-corrected chi connectivity index (χ0v) is 11.4. The molecule has 104 valence electrons. The minimum Gasteiger partial charge on any atom is -0.380 e. The lowest BCUT2D eigenvalue weighted by molar-refractivity contribution is 0.0845. The highest BCUT2D eigenvalue weighted by Gasteiger charge is 2.39. The predicted molar refractivity (Wildman–Crippen MR) is 79.5 cm³/mol. The quantitative estimate of drug-likeness (QED) is 0.739. The minimum absolute atomic E-state index is 0.250. The third-order valence-corrected chi connectivity index (χ3v) is 4.40. The fourth-order valence-corrected chi connectivity index (χ4v) is 3.39. The molecular weight excluding hydrogens is 265 g/mol. The summed E-state index contributed by atoms with van der Waals surface area (Å²) in [4.78, 5) is 4.13. The Morgan fingerprint density at radius 3 is 2.90 bits per heavy atom. The molecule has 0 aliphatic heterocycles. The number of halogens is 1. The van der Waals surface area contributed by atoms with E-state index >= 15 is 0 Å². The van der Waals surface area contributed by atoms with Gasteiger partial charge in [0.2, 0.25) is 0 Å². The number of aryl methyl sites for hydroxylation is 1. The molecule has 0 saturated carbocycles. The average Bonchev–Trinajstić information content (AvgIpc) is 2.84. The lowest BCUT2D eigenvalue weighted by Gasteiger charge is -2.26. The fourth-order valence-electron chi connectivity index (χ4n) is 3.39.